The Bertz CT molecular complexity index is 1090. The SMILES string of the molecule is CCCCOS(=O)(=O)c1ccc(C)cc1-c1c[nH]c2ccc(C#N)cc12. The van der Waals surface area contributed by atoms with Gasteiger partial charge in [-0.25, -0.2) is 0 Å². The fourth-order valence-electron chi connectivity index (χ4n) is 2.86. The van der Waals surface area contributed by atoms with E-state index in [-0.39, 0.29) is 11.5 Å². The van der Waals surface area contributed by atoms with Crippen LogP contribution in [-0.2, 0) is 14.3 Å². The molecule has 134 valence electrons. The van der Waals surface area contributed by atoms with Gasteiger partial charge in [-0.1, -0.05) is 25.0 Å². The van der Waals surface area contributed by atoms with Crippen molar-refractivity contribution in [3.05, 3.63) is 53.7 Å². The number of aromatic amines is 1. The van der Waals surface area contributed by atoms with E-state index >= 15 is 0 Å². The smallest absolute Gasteiger partial charge is 0.297 e. The van der Waals surface area contributed by atoms with Crippen molar-refractivity contribution in [3.8, 4) is 17.2 Å². The van der Waals surface area contributed by atoms with Crippen molar-refractivity contribution >= 4 is 21.0 Å². The number of hydrogen-bond donors (Lipinski definition) is 1. The molecule has 0 amide bonds. The van der Waals surface area contributed by atoms with Gasteiger partial charge in [-0.3, -0.25) is 4.18 Å². The molecule has 0 saturated heterocycles. The fourth-order valence-corrected chi connectivity index (χ4v) is 4.00. The van der Waals surface area contributed by atoms with Gasteiger partial charge in [0, 0.05) is 28.2 Å². The third-order valence-corrected chi connectivity index (χ3v) is 5.61. The molecule has 3 aromatic rings. The Morgan fingerprint density at radius 2 is 1.96 bits per heavy atom. The Morgan fingerprint density at radius 1 is 1.15 bits per heavy atom. The summed E-state index contributed by atoms with van der Waals surface area (Å²) in [6.45, 7) is 4.05. The third kappa shape index (κ3) is 3.50. The van der Waals surface area contributed by atoms with Crippen molar-refractivity contribution < 1.29 is 12.6 Å². The number of nitrogens with zero attached hydrogens (tertiary/aromatic N) is 1. The molecule has 0 spiro atoms. The average molecular weight is 368 g/mol. The lowest BCUT2D eigenvalue weighted by atomic mass is 10.0. The summed E-state index contributed by atoms with van der Waals surface area (Å²) in [5.41, 5.74) is 3.62. The highest BCUT2D eigenvalue weighted by atomic mass is 32.2. The van der Waals surface area contributed by atoms with E-state index in [0.717, 1.165) is 28.5 Å². The monoisotopic (exact) mass is 368 g/mol. The molecule has 0 atom stereocenters. The lowest BCUT2D eigenvalue weighted by molar-refractivity contribution is 0.311. The standard InChI is InChI=1S/C20H20N2O3S/c1-3-4-9-25-26(23,24)20-8-5-14(2)10-17(20)18-13-22-19-7-6-15(12-21)11-16(18)19/h5-8,10-11,13,22H,3-4,9H2,1-2H3. The highest BCUT2D eigenvalue weighted by Gasteiger charge is 2.22. The van der Waals surface area contributed by atoms with Gasteiger partial charge in [0.15, 0.2) is 0 Å². The number of fused-ring (bicyclic) bond motifs is 1. The van der Waals surface area contributed by atoms with Gasteiger partial charge in [0.1, 0.15) is 4.90 Å². The Hall–Kier alpha value is -2.62. The maximum Gasteiger partial charge on any atom is 0.297 e. The molecule has 2 aromatic carbocycles. The lowest BCUT2D eigenvalue weighted by Gasteiger charge is -2.11. The second-order valence-corrected chi connectivity index (χ2v) is 7.79. The number of rotatable bonds is 6. The second-order valence-electron chi connectivity index (χ2n) is 6.20. The van der Waals surface area contributed by atoms with Gasteiger partial charge in [0.2, 0.25) is 0 Å². The van der Waals surface area contributed by atoms with Gasteiger partial charge in [-0.05, 0) is 43.7 Å². The molecule has 0 saturated carbocycles. The van der Waals surface area contributed by atoms with Crippen LogP contribution < -0.4 is 0 Å². The van der Waals surface area contributed by atoms with Crippen molar-refractivity contribution in [1.82, 2.24) is 4.98 Å². The van der Waals surface area contributed by atoms with E-state index < -0.39 is 10.1 Å². The minimum Gasteiger partial charge on any atom is -0.361 e. The third-order valence-electron chi connectivity index (χ3n) is 4.24. The summed E-state index contributed by atoms with van der Waals surface area (Å²) in [6, 6.07) is 12.6. The number of nitriles is 1. The normalized spacial score (nSPS) is 11.6. The minimum absolute atomic E-state index is 0.141. The molecule has 3 rings (SSSR count). The minimum atomic E-state index is -3.87. The highest BCUT2D eigenvalue weighted by molar-refractivity contribution is 7.87. The number of aromatic nitrogens is 1. The molecule has 0 aliphatic rings. The molecular weight excluding hydrogens is 348 g/mol. The van der Waals surface area contributed by atoms with Gasteiger partial charge in [-0.2, -0.15) is 13.7 Å². The number of aryl methyl sites for hydroxylation is 1. The maximum absolute atomic E-state index is 12.7. The van der Waals surface area contributed by atoms with Crippen LogP contribution in [0.4, 0.5) is 0 Å². The van der Waals surface area contributed by atoms with Crippen molar-refractivity contribution in [2.75, 3.05) is 6.61 Å². The molecule has 1 aromatic heterocycles. The molecular formula is C20H20N2O3S. The van der Waals surface area contributed by atoms with E-state index in [9.17, 15) is 8.42 Å². The zero-order valence-electron chi connectivity index (χ0n) is 14.7. The van der Waals surface area contributed by atoms with Crippen LogP contribution in [0.25, 0.3) is 22.0 Å². The summed E-state index contributed by atoms with van der Waals surface area (Å²) in [6.07, 6.45) is 3.31. The Kier molecular flexibility index (Phi) is 5.12. The molecule has 0 aliphatic heterocycles. The quantitative estimate of drug-likeness (QED) is 0.512. The van der Waals surface area contributed by atoms with Crippen molar-refractivity contribution in [1.29, 1.82) is 5.26 Å². The highest BCUT2D eigenvalue weighted by Crippen LogP contribution is 2.35. The first-order chi connectivity index (χ1) is 12.5. The number of unbranched alkanes of at least 4 members (excludes halogenated alkanes) is 1. The van der Waals surface area contributed by atoms with Gasteiger partial charge in [0.25, 0.3) is 10.1 Å². The molecule has 0 fully saturated rings. The summed E-state index contributed by atoms with van der Waals surface area (Å²) in [4.78, 5) is 3.28. The van der Waals surface area contributed by atoms with E-state index in [4.69, 9.17) is 9.44 Å². The summed E-state index contributed by atoms with van der Waals surface area (Å²) >= 11 is 0. The van der Waals surface area contributed by atoms with Crippen LogP contribution in [0.3, 0.4) is 0 Å². The van der Waals surface area contributed by atoms with E-state index in [0.29, 0.717) is 17.5 Å². The first-order valence-corrected chi connectivity index (χ1v) is 9.89. The summed E-state index contributed by atoms with van der Waals surface area (Å²) in [5.74, 6) is 0. The van der Waals surface area contributed by atoms with Crippen LogP contribution in [-0.4, -0.2) is 20.0 Å². The van der Waals surface area contributed by atoms with E-state index in [2.05, 4.69) is 11.1 Å². The fraction of sp³-hybridized carbons (Fsp3) is 0.250. The molecule has 1 N–H and O–H groups in total. The molecule has 0 aliphatic carbocycles. The zero-order valence-corrected chi connectivity index (χ0v) is 15.6. The van der Waals surface area contributed by atoms with Gasteiger partial charge >= 0.3 is 0 Å². The summed E-state index contributed by atoms with van der Waals surface area (Å²) < 4.78 is 30.6. The van der Waals surface area contributed by atoms with Gasteiger partial charge in [-0.15, -0.1) is 0 Å². The van der Waals surface area contributed by atoms with Crippen molar-refractivity contribution in [2.45, 2.75) is 31.6 Å². The Labute approximate surface area is 153 Å². The van der Waals surface area contributed by atoms with Crippen LogP contribution in [0.5, 0.6) is 0 Å². The molecule has 0 radical (unpaired) electrons. The molecule has 5 nitrogen and oxygen atoms in total. The maximum atomic E-state index is 12.7. The first-order valence-electron chi connectivity index (χ1n) is 8.48. The Morgan fingerprint density at radius 3 is 2.69 bits per heavy atom. The molecule has 6 heteroatoms. The number of benzene rings is 2. The van der Waals surface area contributed by atoms with Gasteiger partial charge in [0.05, 0.1) is 18.2 Å². The topological polar surface area (TPSA) is 83.0 Å². The summed E-state index contributed by atoms with van der Waals surface area (Å²) in [7, 11) is -3.87. The van der Waals surface area contributed by atoms with E-state index in [1.807, 2.05) is 26.0 Å². The number of hydrogen-bond acceptors (Lipinski definition) is 4. The molecule has 0 unspecified atom stereocenters. The largest absolute Gasteiger partial charge is 0.361 e. The van der Waals surface area contributed by atoms with Crippen molar-refractivity contribution in [2.24, 2.45) is 0 Å². The second kappa shape index (κ2) is 7.32. The van der Waals surface area contributed by atoms with Crippen LogP contribution in [0.15, 0.2) is 47.5 Å². The molecule has 1 heterocycles. The number of nitrogens with one attached hydrogen (secondary N) is 1. The number of H-pyrrole nitrogens is 1. The van der Waals surface area contributed by atoms with E-state index in [1.165, 1.54) is 0 Å². The van der Waals surface area contributed by atoms with Crippen LogP contribution >= 0.6 is 0 Å². The van der Waals surface area contributed by atoms with E-state index in [1.54, 1.807) is 30.5 Å². The van der Waals surface area contributed by atoms with Gasteiger partial charge < -0.3 is 4.98 Å². The summed E-state index contributed by atoms with van der Waals surface area (Å²) in [5, 5.41) is 9.97. The predicted octanol–water partition coefficient (Wildman–Crippen LogP) is 4.52. The van der Waals surface area contributed by atoms with Crippen molar-refractivity contribution in [3.63, 3.8) is 0 Å². The average Bonchev–Trinajstić information content (AvgIpc) is 3.04. The van der Waals surface area contributed by atoms with Crippen LogP contribution in [0.2, 0.25) is 0 Å². The molecule has 26 heavy (non-hydrogen) atoms. The van der Waals surface area contributed by atoms with Crippen LogP contribution in [0, 0.1) is 18.3 Å². The predicted molar refractivity (Wildman–Crippen MR) is 101 cm³/mol. The lowest BCUT2D eigenvalue weighted by Crippen LogP contribution is -2.09. The zero-order chi connectivity index (χ0) is 18.7. The van der Waals surface area contributed by atoms with Crippen LogP contribution in [0.1, 0.15) is 30.9 Å². The molecule has 0 bridgehead atoms. The Balaban J connectivity index is 2.17. The first kappa shape index (κ1) is 18.2.